The van der Waals surface area contributed by atoms with Gasteiger partial charge in [-0.15, -0.1) is 11.3 Å². The monoisotopic (exact) mass is 506 g/mol. The molecule has 2 aromatic carbocycles. The summed E-state index contributed by atoms with van der Waals surface area (Å²) in [5.41, 5.74) is 5.24. The van der Waals surface area contributed by atoms with Gasteiger partial charge >= 0.3 is 0 Å². The van der Waals surface area contributed by atoms with Crippen molar-refractivity contribution >= 4 is 23.1 Å². The molecule has 0 unspecified atom stereocenters. The number of thiophene rings is 1. The van der Waals surface area contributed by atoms with Crippen molar-refractivity contribution in [2.24, 2.45) is 0 Å². The van der Waals surface area contributed by atoms with Crippen LogP contribution in [0.15, 0.2) is 59.8 Å². The van der Waals surface area contributed by atoms with Gasteiger partial charge in [-0.25, -0.2) is 9.97 Å². The molecular formula is C28H30N2O3S2. The highest BCUT2D eigenvalue weighted by atomic mass is 32.2. The summed E-state index contributed by atoms with van der Waals surface area (Å²) in [6.45, 7) is 7.60. The summed E-state index contributed by atoms with van der Waals surface area (Å²) in [5.74, 6) is 2.13. The van der Waals surface area contributed by atoms with Crippen LogP contribution in [0.3, 0.4) is 0 Å². The normalized spacial score (nSPS) is 11.5. The highest BCUT2D eigenvalue weighted by Crippen LogP contribution is 2.43. The summed E-state index contributed by atoms with van der Waals surface area (Å²) in [4.78, 5) is 11.5. The van der Waals surface area contributed by atoms with Crippen LogP contribution in [0.25, 0.3) is 20.9 Å². The second-order valence-corrected chi connectivity index (χ2v) is 10.9. The van der Waals surface area contributed by atoms with Gasteiger partial charge in [-0.2, -0.15) is 0 Å². The Hall–Kier alpha value is -2.87. The number of rotatable bonds is 8. The largest absolute Gasteiger partial charge is 0.493 e. The minimum atomic E-state index is -0.915. The average Bonchev–Trinajstić information content (AvgIpc) is 3.25. The molecule has 0 saturated carbocycles. The van der Waals surface area contributed by atoms with Gasteiger partial charge in [-0.1, -0.05) is 30.0 Å². The van der Waals surface area contributed by atoms with Crippen LogP contribution in [0, 0.1) is 13.8 Å². The highest BCUT2D eigenvalue weighted by Gasteiger charge is 2.19. The van der Waals surface area contributed by atoms with E-state index < -0.39 is 5.60 Å². The van der Waals surface area contributed by atoms with E-state index in [1.807, 2.05) is 64.1 Å². The lowest BCUT2D eigenvalue weighted by atomic mass is 9.95. The fourth-order valence-corrected chi connectivity index (χ4v) is 6.05. The lowest BCUT2D eigenvalue weighted by Crippen LogP contribution is -2.15. The Labute approximate surface area is 215 Å². The number of benzene rings is 2. The third kappa shape index (κ3) is 5.86. The number of thioether (sulfide) groups is 1. The van der Waals surface area contributed by atoms with Crippen molar-refractivity contribution in [2.75, 3.05) is 14.2 Å². The SMILES string of the molecule is COc1ccc(-c2cc(CSc3nc(C)cc(C)n3)c(-c3cccc(C(C)(C)O)c3)s2)cc1OC. The molecule has 0 fully saturated rings. The molecule has 2 heterocycles. The van der Waals surface area contributed by atoms with Crippen molar-refractivity contribution < 1.29 is 14.6 Å². The van der Waals surface area contributed by atoms with Crippen molar-refractivity contribution in [1.29, 1.82) is 0 Å². The van der Waals surface area contributed by atoms with Gasteiger partial charge in [-0.3, -0.25) is 0 Å². The molecule has 182 valence electrons. The first-order valence-corrected chi connectivity index (χ1v) is 13.1. The molecule has 7 heteroatoms. The Morgan fingerprint density at radius 3 is 2.26 bits per heavy atom. The van der Waals surface area contributed by atoms with E-state index in [0.29, 0.717) is 11.5 Å². The number of hydrogen-bond acceptors (Lipinski definition) is 7. The fraction of sp³-hybridized carbons (Fsp3) is 0.286. The second kappa shape index (κ2) is 10.4. The van der Waals surface area contributed by atoms with Crippen LogP contribution in [0.2, 0.25) is 0 Å². The van der Waals surface area contributed by atoms with E-state index >= 15 is 0 Å². The van der Waals surface area contributed by atoms with E-state index in [9.17, 15) is 5.11 Å². The maximum atomic E-state index is 10.6. The van der Waals surface area contributed by atoms with Gasteiger partial charge in [0.15, 0.2) is 16.7 Å². The number of nitrogens with zero attached hydrogens (tertiary/aromatic N) is 2. The molecule has 4 rings (SSSR count). The number of aromatic nitrogens is 2. The van der Waals surface area contributed by atoms with E-state index in [1.165, 1.54) is 5.56 Å². The molecule has 0 spiro atoms. The maximum Gasteiger partial charge on any atom is 0.188 e. The summed E-state index contributed by atoms with van der Waals surface area (Å²) >= 11 is 3.36. The lowest BCUT2D eigenvalue weighted by Gasteiger charge is -2.18. The molecule has 2 aromatic heterocycles. The van der Waals surface area contributed by atoms with Crippen LogP contribution in [-0.4, -0.2) is 29.3 Å². The highest BCUT2D eigenvalue weighted by molar-refractivity contribution is 7.98. The lowest BCUT2D eigenvalue weighted by molar-refractivity contribution is 0.0786. The molecule has 35 heavy (non-hydrogen) atoms. The number of ether oxygens (including phenoxy) is 2. The van der Waals surface area contributed by atoms with E-state index in [2.05, 4.69) is 28.2 Å². The standard InChI is InChI=1S/C28H30N2O3S2/c1-17-12-18(2)30-27(29-17)34-16-21-15-25(19-10-11-23(32-5)24(14-19)33-6)35-26(21)20-8-7-9-22(13-20)28(3,4)31/h7-15,31H,16H2,1-6H3. The van der Waals surface area contributed by atoms with E-state index in [-0.39, 0.29) is 0 Å². The molecule has 4 aromatic rings. The molecule has 0 atom stereocenters. The smallest absolute Gasteiger partial charge is 0.188 e. The average molecular weight is 507 g/mol. The van der Waals surface area contributed by atoms with Gasteiger partial charge in [0.1, 0.15) is 0 Å². The topological polar surface area (TPSA) is 64.5 Å². The molecular weight excluding hydrogens is 476 g/mol. The maximum absolute atomic E-state index is 10.6. The molecule has 0 bridgehead atoms. The number of hydrogen-bond donors (Lipinski definition) is 1. The zero-order chi connectivity index (χ0) is 25.2. The summed E-state index contributed by atoms with van der Waals surface area (Å²) in [6.07, 6.45) is 0. The van der Waals surface area contributed by atoms with Crippen molar-refractivity contribution in [1.82, 2.24) is 9.97 Å². The van der Waals surface area contributed by atoms with Crippen LogP contribution in [-0.2, 0) is 11.4 Å². The minimum Gasteiger partial charge on any atom is -0.493 e. The predicted octanol–water partition coefficient (Wildman–Crippen LogP) is 7.03. The quantitative estimate of drug-likeness (QED) is 0.204. The molecule has 5 nitrogen and oxygen atoms in total. The van der Waals surface area contributed by atoms with Crippen molar-refractivity contribution in [3.8, 4) is 32.4 Å². The van der Waals surface area contributed by atoms with Crippen LogP contribution < -0.4 is 9.47 Å². The van der Waals surface area contributed by atoms with Gasteiger partial charge in [-0.05, 0) is 86.3 Å². The van der Waals surface area contributed by atoms with Crippen LogP contribution >= 0.6 is 23.1 Å². The molecule has 0 aliphatic rings. The predicted molar refractivity (Wildman–Crippen MR) is 145 cm³/mol. The Morgan fingerprint density at radius 2 is 1.60 bits per heavy atom. The van der Waals surface area contributed by atoms with E-state index in [4.69, 9.17) is 9.47 Å². The Bertz CT molecular complexity index is 1320. The minimum absolute atomic E-state index is 0.698. The van der Waals surface area contributed by atoms with Gasteiger partial charge < -0.3 is 14.6 Å². The summed E-state index contributed by atoms with van der Waals surface area (Å²) in [5, 5.41) is 11.4. The van der Waals surface area contributed by atoms with Gasteiger partial charge in [0.25, 0.3) is 0 Å². The van der Waals surface area contributed by atoms with Gasteiger partial charge in [0, 0.05) is 26.9 Å². The Morgan fingerprint density at radius 1 is 0.886 bits per heavy atom. The van der Waals surface area contributed by atoms with E-state index in [1.54, 1.807) is 37.3 Å². The second-order valence-electron chi connectivity index (χ2n) is 8.90. The van der Waals surface area contributed by atoms with Crippen molar-refractivity contribution in [2.45, 2.75) is 44.2 Å². The Balaban J connectivity index is 1.77. The summed E-state index contributed by atoms with van der Waals surface area (Å²) < 4.78 is 10.9. The molecule has 0 saturated heterocycles. The first kappa shape index (κ1) is 25.2. The molecule has 1 N–H and O–H groups in total. The first-order valence-electron chi connectivity index (χ1n) is 11.3. The number of methoxy groups -OCH3 is 2. The van der Waals surface area contributed by atoms with Crippen molar-refractivity contribution in [3.05, 3.63) is 77.1 Å². The summed E-state index contributed by atoms with van der Waals surface area (Å²) in [7, 11) is 3.29. The van der Waals surface area contributed by atoms with Crippen LogP contribution in [0.5, 0.6) is 11.5 Å². The first-order chi connectivity index (χ1) is 16.7. The molecule has 0 aliphatic heterocycles. The third-order valence-electron chi connectivity index (χ3n) is 5.63. The third-order valence-corrected chi connectivity index (χ3v) is 7.80. The Kier molecular flexibility index (Phi) is 7.50. The fourth-order valence-electron chi connectivity index (χ4n) is 3.85. The van der Waals surface area contributed by atoms with Gasteiger partial charge in [0.2, 0.25) is 0 Å². The molecule has 0 amide bonds. The number of aryl methyl sites for hydroxylation is 2. The molecule has 0 aliphatic carbocycles. The molecule has 0 radical (unpaired) electrons. The van der Waals surface area contributed by atoms with Gasteiger partial charge in [0.05, 0.1) is 19.8 Å². The summed E-state index contributed by atoms with van der Waals surface area (Å²) in [6, 6.07) is 18.3. The zero-order valence-corrected chi connectivity index (χ0v) is 22.5. The van der Waals surface area contributed by atoms with Crippen LogP contribution in [0.1, 0.15) is 36.4 Å². The van der Waals surface area contributed by atoms with Crippen molar-refractivity contribution in [3.63, 3.8) is 0 Å². The van der Waals surface area contributed by atoms with E-state index in [0.717, 1.165) is 48.7 Å². The zero-order valence-electron chi connectivity index (χ0n) is 20.9. The van der Waals surface area contributed by atoms with Crippen LogP contribution in [0.4, 0.5) is 0 Å². The number of aliphatic hydroxyl groups is 1.